The Bertz CT molecular complexity index is 319. The number of hydrogen-bond acceptors (Lipinski definition) is 4. The molecule has 0 aliphatic rings. The van der Waals surface area contributed by atoms with Gasteiger partial charge in [-0.1, -0.05) is 0 Å². The molecular formula is C9H18F3NO3S. The molecule has 17 heavy (non-hydrogen) atoms. The molecule has 0 aromatic carbocycles. The summed E-state index contributed by atoms with van der Waals surface area (Å²) in [6, 6.07) is 0. The minimum atomic E-state index is -4.38. The first-order valence-electron chi connectivity index (χ1n) is 5.05. The van der Waals surface area contributed by atoms with E-state index in [2.05, 4.69) is 4.74 Å². The summed E-state index contributed by atoms with van der Waals surface area (Å²) in [4.78, 5) is 0. The molecule has 0 rings (SSSR count). The maximum absolute atomic E-state index is 11.7. The first-order chi connectivity index (χ1) is 7.41. The highest BCUT2D eigenvalue weighted by atomic mass is 32.2. The van der Waals surface area contributed by atoms with Crippen molar-refractivity contribution < 1.29 is 26.3 Å². The van der Waals surface area contributed by atoms with Gasteiger partial charge < -0.3 is 10.5 Å². The summed E-state index contributed by atoms with van der Waals surface area (Å²) < 4.78 is 62.2. The first-order valence-corrected chi connectivity index (χ1v) is 6.87. The van der Waals surface area contributed by atoms with E-state index in [4.69, 9.17) is 5.73 Å². The Hall–Kier alpha value is -0.340. The normalized spacial score (nSPS) is 14.0. The van der Waals surface area contributed by atoms with Gasteiger partial charge >= 0.3 is 6.18 Å². The Morgan fingerprint density at radius 3 is 2.18 bits per heavy atom. The molecule has 0 aromatic rings. The van der Waals surface area contributed by atoms with Gasteiger partial charge in [-0.25, -0.2) is 8.42 Å². The third kappa shape index (κ3) is 11.9. The van der Waals surface area contributed by atoms with E-state index in [1.807, 2.05) is 0 Å². The summed E-state index contributed by atoms with van der Waals surface area (Å²) in [7, 11) is -3.34. The molecule has 0 unspecified atom stereocenters. The molecule has 0 aliphatic carbocycles. The van der Waals surface area contributed by atoms with Crippen LogP contribution in [-0.4, -0.2) is 44.9 Å². The van der Waals surface area contributed by atoms with Crippen molar-refractivity contribution in [3.63, 3.8) is 0 Å². The highest BCUT2D eigenvalue weighted by Gasteiger charge is 2.27. The largest absolute Gasteiger partial charge is 0.411 e. The van der Waals surface area contributed by atoms with Crippen LogP contribution in [0.5, 0.6) is 0 Å². The van der Waals surface area contributed by atoms with Crippen LogP contribution in [0.15, 0.2) is 0 Å². The Morgan fingerprint density at radius 1 is 1.24 bits per heavy atom. The molecule has 0 atom stereocenters. The number of hydrogen-bond donors (Lipinski definition) is 1. The Morgan fingerprint density at radius 2 is 1.76 bits per heavy atom. The van der Waals surface area contributed by atoms with Gasteiger partial charge in [0.25, 0.3) is 0 Å². The van der Waals surface area contributed by atoms with Crippen LogP contribution in [-0.2, 0) is 14.6 Å². The Balaban J connectivity index is 3.82. The molecule has 4 nitrogen and oxygen atoms in total. The number of alkyl halides is 3. The van der Waals surface area contributed by atoms with E-state index < -0.39 is 28.2 Å². The number of nitrogens with two attached hydrogens (primary N) is 1. The molecule has 0 aromatic heterocycles. The third-order valence-corrected chi connectivity index (χ3v) is 3.70. The van der Waals surface area contributed by atoms with Crippen LogP contribution in [0.25, 0.3) is 0 Å². The average Bonchev–Trinajstić information content (AvgIpc) is 1.95. The van der Waals surface area contributed by atoms with Crippen LogP contribution >= 0.6 is 0 Å². The smallest absolute Gasteiger partial charge is 0.372 e. The molecular weight excluding hydrogens is 259 g/mol. The molecule has 0 saturated carbocycles. The SMILES string of the molecule is CC(C)(N)CS(=O)(=O)CCCOCC(F)(F)F. The van der Waals surface area contributed by atoms with Gasteiger partial charge in [0.2, 0.25) is 0 Å². The summed E-state index contributed by atoms with van der Waals surface area (Å²) in [5, 5.41) is 0. The van der Waals surface area contributed by atoms with E-state index in [1.165, 1.54) is 0 Å². The number of sulfone groups is 1. The van der Waals surface area contributed by atoms with Crippen LogP contribution in [0, 0.1) is 0 Å². The van der Waals surface area contributed by atoms with Crippen LogP contribution in [0.4, 0.5) is 13.2 Å². The zero-order valence-corrected chi connectivity index (χ0v) is 10.7. The van der Waals surface area contributed by atoms with E-state index in [0.29, 0.717) is 0 Å². The minimum absolute atomic E-state index is 0.0362. The molecule has 0 heterocycles. The molecule has 0 radical (unpaired) electrons. The highest BCUT2D eigenvalue weighted by Crippen LogP contribution is 2.14. The number of ether oxygens (including phenoxy) is 1. The van der Waals surface area contributed by atoms with Crippen molar-refractivity contribution in [1.29, 1.82) is 0 Å². The summed E-state index contributed by atoms with van der Waals surface area (Å²) in [5.41, 5.74) is 4.71. The quantitative estimate of drug-likeness (QED) is 0.708. The average molecular weight is 277 g/mol. The van der Waals surface area contributed by atoms with Gasteiger partial charge in [0.15, 0.2) is 9.84 Å². The third-order valence-electron chi connectivity index (χ3n) is 1.60. The molecule has 104 valence electrons. The van der Waals surface area contributed by atoms with Gasteiger partial charge in [-0.15, -0.1) is 0 Å². The molecule has 8 heteroatoms. The lowest BCUT2D eigenvalue weighted by molar-refractivity contribution is -0.173. The van der Waals surface area contributed by atoms with Crippen molar-refractivity contribution in [2.24, 2.45) is 5.73 Å². The van der Waals surface area contributed by atoms with E-state index in [0.717, 1.165) is 0 Å². The number of halogens is 3. The maximum atomic E-state index is 11.7. The van der Waals surface area contributed by atoms with Gasteiger partial charge in [0.1, 0.15) is 6.61 Å². The second kappa shape index (κ2) is 6.01. The molecule has 0 spiro atoms. The van der Waals surface area contributed by atoms with Crippen LogP contribution in [0.3, 0.4) is 0 Å². The lowest BCUT2D eigenvalue weighted by atomic mass is 10.1. The Kier molecular flexibility index (Phi) is 5.89. The minimum Gasteiger partial charge on any atom is -0.372 e. The van der Waals surface area contributed by atoms with Crippen molar-refractivity contribution in [3.05, 3.63) is 0 Å². The Labute approximate surface area is 99.2 Å². The van der Waals surface area contributed by atoms with Gasteiger partial charge in [-0.05, 0) is 20.3 Å². The fraction of sp³-hybridized carbons (Fsp3) is 1.00. The van der Waals surface area contributed by atoms with Crippen molar-refractivity contribution in [3.8, 4) is 0 Å². The van der Waals surface area contributed by atoms with Gasteiger partial charge in [-0.3, -0.25) is 0 Å². The summed E-state index contributed by atoms with van der Waals surface area (Å²) >= 11 is 0. The summed E-state index contributed by atoms with van der Waals surface area (Å²) in [6.07, 6.45) is -4.34. The standard InChI is InChI=1S/C9H18F3NO3S/c1-8(2,13)7-17(14,15)5-3-4-16-6-9(10,11)12/h3-7,13H2,1-2H3. The van der Waals surface area contributed by atoms with Crippen LogP contribution < -0.4 is 5.73 Å². The second-order valence-electron chi connectivity index (χ2n) is 4.60. The molecule has 0 fully saturated rings. The zero-order valence-electron chi connectivity index (χ0n) is 9.88. The molecule has 0 saturated heterocycles. The van der Waals surface area contributed by atoms with Gasteiger partial charge in [0.05, 0.1) is 11.5 Å². The van der Waals surface area contributed by atoms with Crippen molar-refractivity contribution in [2.75, 3.05) is 24.7 Å². The monoisotopic (exact) mass is 277 g/mol. The van der Waals surface area contributed by atoms with Crippen LogP contribution in [0.2, 0.25) is 0 Å². The van der Waals surface area contributed by atoms with Crippen molar-refractivity contribution in [2.45, 2.75) is 32.0 Å². The second-order valence-corrected chi connectivity index (χ2v) is 6.79. The molecule has 2 N–H and O–H groups in total. The fourth-order valence-corrected chi connectivity index (χ4v) is 3.04. The molecule has 0 bridgehead atoms. The highest BCUT2D eigenvalue weighted by molar-refractivity contribution is 7.91. The molecule has 0 amide bonds. The molecule has 0 aliphatic heterocycles. The summed E-state index contributed by atoms with van der Waals surface area (Å²) in [5.74, 6) is -0.412. The van der Waals surface area contributed by atoms with E-state index in [9.17, 15) is 21.6 Å². The van der Waals surface area contributed by atoms with E-state index in [1.54, 1.807) is 13.8 Å². The van der Waals surface area contributed by atoms with E-state index in [-0.39, 0.29) is 24.5 Å². The lowest BCUT2D eigenvalue weighted by Crippen LogP contribution is -2.40. The maximum Gasteiger partial charge on any atom is 0.411 e. The van der Waals surface area contributed by atoms with Gasteiger partial charge in [-0.2, -0.15) is 13.2 Å². The zero-order chi connectivity index (χ0) is 13.7. The van der Waals surface area contributed by atoms with Crippen molar-refractivity contribution >= 4 is 9.84 Å². The predicted molar refractivity (Wildman–Crippen MR) is 58.4 cm³/mol. The fourth-order valence-electron chi connectivity index (χ4n) is 1.21. The van der Waals surface area contributed by atoms with E-state index >= 15 is 0 Å². The summed E-state index contributed by atoms with van der Waals surface area (Å²) in [6.45, 7) is 1.56. The first kappa shape index (κ1) is 16.7. The predicted octanol–water partition coefficient (Wildman–Crippen LogP) is 1.11. The van der Waals surface area contributed by atoms with Crippen molar-refractivity contribution in [1.82, 2.24) is 0 Å². The van der Waals surface area contributed by atoms with Gasteiger partial charge in [0, 0.05) is 12.1 Å². The number of rotatable bonds is 7. The topological polar surface area (TPSA) is 69.4 Å². The van der Waals surface area contributed by atoms with Crippen LogP contribution in [0.1, 0.15) is 20.3 Å². The lowest BCUT2D eigenvalue weighted by Gasteiger charge is -2.18.